The van der Waals surface area contributed by atoms with Crippen LogP contribution < -0.4 is 5.73 Å². The van der Waals surface area contributed by atoms with Gasteiger partial charge >= 0.3 is 0 Å². The molecule has 2 fully saturated rings. The third kappa shape index (κ3) is 1.57. The van der Waals surface area contributed by atoms with Gasteiger partial charge in [0.05, 0.1) is 0 Å². The molecular weight excluding hydrogens is 164 g/mol. The number of hydrogen-bond acceptors (Lipinski definition) is 2. The summed E-state index contributed by atoms with van der Waals surface area (Å²) in [5, 5.41) is 0. The van der Waals surface area contributed by atoms with Crippen molar-refractivity contribution < 1.29 is 4.79 Å². The Morgan fingerprint density at radius 3 is 2.92 bits per heavy atom. The zero-order valence-corrected chi connectivity index (χ0v) is 8.20. The van der Waals surface area contributed by atoms with Crippen LogP contribution in [0.3, 0.4) is 0 Å². The van der Waals surface area contributed by atoms with Gasteiger partial charge in [-0.1, -0.05) is 0 Å². The fourth-order valence-corrected chi connectivity index (χ4v) is 2.72. The Labute approximate surface area is 79.3 Å². The number of amides is 1. The molecule has 3 heteroatoms. The van der Waals surface area contributed by atoms with Gasteiger partial charge in [0.25, 0.3) is 0 Å². The highest BCUT2D eigenvalue weighted by Crippen LogP contribution is 2.34. The van der Waals surface area contributed by atoms with Gasteiger partial charge in [0.15, 0.2) is 0 Å². The Balaban J connectivity index is 2.08. The van der Waals surface area contributed by atoms with Crippen LogP contribution in [0, 0.1) is 5.92 Å². The highest BCUT2D eigenvalue weighted by molar-refractivity contribution is 5.77. The number of rotatable bonds is 0. The predicted octanol–water partition coefficient (Wildman–Crippen LogP) is 0.735. The minimum Gasteiger partial charge on any atom is -0.342 e. The van der Waals surface area contributed by atoms with Crippen LogP contribution in [0.4, 0.5) is 0 Å². The van der Waals surface area contributed by atoms with Gasteiger partial charge in [-0.15, -0.1) is 0 Å². The number of fused-ring (bicyclic) bond motifs is 1. The predicted molar refractivity (Wildman–Crippen MR) is 51.1 cm³/mol. The Morgan fingerprint density at radius 2 is 2.15 bits per heavy atom. The minimum atomic E-state index is 0.301. The third-order valence-corrected chi connectivity index (χ3v) is 3.62. The van der Waals surface area contributed by atoms with Crippen LogP contribution in [0.2, 0.25) is 0 Å². The molecule has 1 amide bonds. The molecule has 3 atom stereocenters. The summed E-state index contributed by atoms with van der Waals surface area (Å²) in [6.07, 6.45) is 5.19. The van der Waals surface area contributed by atoms with Gasteiger partial charge < -0.3 is 10.6 Å². The molecule has 1 aliphatic heterocycles. The molecule has 0 aromatic carbocycles. The van der Waals surface area contributed by atoms with Gasteiger partial charge in [0, 0.05) is 25.6 Å². The fraction of sp³-hybridized carbons (Fsp3) is 0.900. The maximum atomic E-state index is 11.4. The lowest BCUT2D eigenvalue weighted by Crippen LogP contribution is -2.51. The normalized spacial score (nSPS) is 40.3. The van der Waals surface area contributed by atoms with E-state index >= 15 is 0 Å². The van der Waals surface area contributed by atoms with Crippen molar-refractivity contribution in [1.82, 2.24) is 4.90 Å². The van der Waals surface area contributed by atoms with E-state index in [0.29, 0.717) is 18.0 Å². The Bertz CT molecular complexity index is 217. The van der Waals surface area contributed by atoms with Gasteiger partial charge in [0.2, 0.25) is 5.91 Å². The summed E-state index contributed by atoms with van der Waals surface area (Å²) in [6, 6.07) is 0.750. The molecule has 1 heterocycles. The summed E-state index contributed by atoms with van der Waals surface area (Å²) in [5.74, 6) is 1.03. The highest BCUT2D eigenvalue weighted by atomic mass is 16.2. The van der Waals surface area contributed by atoms with Gasteiger partial charge in [-0.05, 0) is 31.6 Å². The summed E-state index contributed by atoms with van der Waals surface area (Å²) in [4.78, 5) is 13.4. The Hall–Kier alpha value is -0.570. The van der Waals surface area contributed by atoms with E-state index in [1.54, 1.807) is 0 Å². The quantitative estimate of drug-likeness (QED) is 0.600. The van der Waals surface area contributed by atoms with Crippen molar-refractivity contribution in [2.45, 2.75) is 44.2 Å². The van der Waals surface area contributed by atoms with E-state index in [9.17, 15) is 4.79 Å². The highest BCUT2D eigenvalue weighted by Gasteiger charge is 2.36. The van der Waals surface area contributed by atoms with Crippen LogP contribution in [0.1, 0.15) is 32.1 Å². The SMILES string of the molecule is CN1C(=O)CC[C@@H]2CC[C@H](N)C[C@@H]21. The largest absolute Gasteiger partial charge is 0.342 e. The van der Waals surface area contributed by atoms with Crippen molar-refractivity contribution in [3.8, 4) is 0 Å². The van der Waals surface area contributed by atoms with E-state index in [1.165, 1.54) is 6.42 Å². The van der Waals surface area contributed by atoms with E-state index < -0.39 is 0 Å². The summed E-state index contributed by atoms with van der Waals surface area (Å²) < 4.78 is 0. The molecule has 13 heavy (non-hydrogen) atoms. The van der Waals surface area contributed by atoms with Crippen molar-refractivity contribution in [3.63, 3.8) is 0 Å². The van der Waals surface area contributed by atoms with Gasteiger partial charge in [-0.3, -0.25) is 4.79 Å². The molecule has 0 unspecified atom stereocenters. The van der Waals surface area contributed by atoms with E-state index in [2.05, 4.69) is 0 Å². The summed E-state index contributed by atoms with van der Waals surface area (Å²) in [7, 11) is 1.93. The van der Waals surface area contributed by atoms with Crippen LogP contribution in [0.15, 0.2) is 0 Å². The molecule has 0 bridgehead atoms. The maximum Gasteiger partial charge on any atom is 0.222 e. The van der Waals surface area contributed by atoms with Crippen molar-refractivity contribution in [2.24, 2.45) is 11.7 Å². The maximum absolute atomic E-state index is 11.4. The van der Waals surface area contributed by atoms with Crippen molar-refractivity contribution >= 4 is 5.91 Å². The number of carbonyl (C=O) groups excluding carboxylic acids is 1. The lowest BCUT2D eigenvalue weighted by Gasteiger charge is -2.43. The standard InChI is InChI=1S/C10H18N2O/c1-12-9-6-8(11)4-2-7(9)3-5-10(12)13/h7-9H,2-6,11H2,1H3/t7-,8-,9-/m0/s1. The molecule has 2 N–H and O–H groups in total. The van der Waals surface area contributed by atoms with Crippen LogP contribution in [0.25, 0.3) is 0 Å². The monoisotopic (exact) mass is 182 g/mol. The molecule has 2 aliphatic rings. The van der Waals surface area contributed by atoms with Crippen molar-refractivity contribution in [3.05, 3.63) is 0 Å². The van der Waals surface area contributed by atoms with Crippen molar-refractivity contribution in [1.29, 1.82) is 0 Å². The zero-order chi connectivity index (χ0) is 9.42. The molecule has 0 spiro atoms. The smallest absolute Gasteiger partial charge is 0.222 e. The summed E-state index contributed by atoms with van der Waals surface area (Å²) >= 11 is 0. The number of nitrogens with zero attached hydrogens (tertiary/aromatic N) is 1. The second-order valence-electron chi connectivity index (χ2n) is 4.44. The number of piperidine rings is 1. The van der Waals surface area contributed by atoms with Crippen LogP contribution >= 0.6 is 0 Å². The van der Waals surface area contributed by atoms with Gasteiger partial charge in [-0.25, -0.2) is 0 Å². The van der Waals surface area contributed by atoms with Crippen LogP contribution in [0.5, 0.6) is 0 Å². The summed E-state index contributed by atoms with van der Waals surface area (Å²) in [6.45, 7) is 0. The molecule has 74 valence electrons. The first kappa shape index (κ1) is 9.00. The van der Waals surface area contributed by atoms with E-state index in [4.69, 9.17) is 5.73 Å². The first-order valence-electron chi connectivity index (χ1n) is 5.19. The first-order valence-corrected chi connectivity index (χ1v) is 5.19. The molecule has 0 aromatic rings. The number of carbonyl (C=O) groups is 1. The average molecular weight is 182 g/mol. The van der Waals surface area contributed by atoms with Crippen LogP contribution in [-0.4, -0.2) is 29.9 Å². The first-order chi connectivity index (χ1) is 6.18. The molecule has 2 rings (SSSR count). The number of nitrogens with two attached hydrogens (primary N) is 1. The second-order valence-corrected chi connectivity index (χ2v) is 4.44. The fourth-order valence-electron chi connectivity index (χ4n) is 2.72. The molecule has 1 aliphatic carbocycles. The third-order valence-electron chi connectivity index (χ3n) is 3.62. The second kappa shape index (κ2) is 3.29. The minimum absolute atomic E-state index is 0.301. The number of hydrogen-bond donors (Lipinski definition) is 1. The van der Waals surface area contributed by atoms with E-state index in [0.717, 1.165) is 31.6 Å². The Kier molecular flexibility index (Phi) is 2.28. The zero-order valence-electron chi connectivity index (χ0n) is 8.20. The van der Waals surface area contributed by atoms with Gasteiger partial charge in [0.1, 0.15) is 0 Å². The van der Waals surface area contributed by atoms with E-state index in [1.807, 2.05) is 11.9 Å². The lowest BCUT2D eigenvalue weighted by atomic mass is 9.76. The Morgan fingerprint density at radius 1 is 1.38 bits per heavy atom. The number of likely N-dealkylation sites (tertiary alicyclic amines) is 1. The average Bonchev–Trinajstić information content (AvgIpc) is 2.12. The topological polar surface area (TPSA) is 46.3 Å². The molecule has 3 nitrogen and oxygen atoms in total. The molecule has 1 saturated carbocycles. The van der Waals surface area contributed by atoms with Crippen molar-refractivity contribution in [2.75, 3.05) is 7.05 Å². The molecule has 0 radical (unpaired) electrons. The molecule has 1 saturated heterocycles. The van der Waals surface area contributed by atoms with Crippen LogP contribution in [-0.2, 0) is 4.79 Å². The lowest BCUT2D eigenvalue weighted by molar-refractivity contribution is -0.138. The molecule has 0 aromatic heterocycles. The molecular formula is C10H18N2O. The summed E-state index contributed by atoms with van der Waals surface area (Å²) in [5.41, 5.74) is 5.91. The van der Waals surface area contributed by atoms with E-state index in [-0.39, 0.29) is 0 Å². The van der Waals surface area contributed by atoms with Gasteiger partial charge in [-0.2, -0.15) is 0 Å².